The van der Waals surface area contributed by atoms with Crippen LogP contribution in [0.5, 0.6) is 0 Å². The minimum atomic E-state index is -0.485. The summed E-state index contributed by atoms with van der Waals surface area (Å²) < 4.78 is 20.0. The number of thiol groups is 1. The number of ether oxygens (including phenoxy) is 1. The van der Waals surface area contributed by atoms with Gasteiger partial charge in [-0.25, -0.2) is 4.39 Å². The third kappa shape index (κ3) is 6.21. The van der Waals surface area contributed by atoms with Gasteiger partial charge in [0.15, 0.2) is 5.78 Å². The first-order valence-electron chi connectivity index (χ1n) is 10.3. The first kappa shape index (κ1) is 25.6. The molecule has 4 rings (SSSR count). The maximum Gasteiger partial charge on any atom is 0.157 e. The van der Waals surface area contributed by atoms with Gasteiger partial charge >= 0.3 is 0 Å². The third-order valence-corrected chi connectivity index (χ3v) is 6.62. The van der Waals surface area contributed by atoms with E-state index in [1.165, 1.54) is 11.6 Å². The lowest BCUT2D eigenvalue weighted by Gasteiger charge is -2.38. The first-order valence-corrected chi connectivity index (χ1v) is 10.8. The number of Topliss-reactive ketones (excluding diaryl/α,β-unsaturated/α-hetero) is 1. The lowest BCUT2D eigenvalue weighted by molar-refractivity contribution is -0.126. The quantitative estimate of drug-likeness (QED) is 0.497. The summed E-state index contributed by atoms with van der Waals surface area (Å²) in [5, 5.41) is 0.203. The molecule has 1 saturated carbocycles. The van der Waals surface area contributed by atoms with Crippen LogP contribution < -0.4 is 0 Å². The minimum Gasteiger partial charge on any atom is -0.379 e. The number of morpholine rings is 1. The normalized spacial score (nSPS) is 25.3. The molecule has 0 N–H and O–H groups in total. The Morgan fingerprint density at radius 2 is 1.87 bits per heavy atom. The maximum atomic E-state index is 14.6. The van der Waals surface area contributed by atoms with Crippen LogP contribution in [-0.4, -0.2) is 66.8 Å². The predicted octanol–water partition coefficient (Wildman–Crippen LogP) is 3.95. The Balaban J connectivity index is 0.00000160. The number of likely N-dealkylation sites (tertiary alicyclic amines) is 1. The number of benzene rings is 1. The molecule has 1 aromatic carbocycles. The summed E-state index contributed by atoms with van der Waals surface area (Å²) in [6.07, 6.45) is 5.01. The molecule has 0 bridgehead atoms. The van der Waals surface area contributed by atoms with E-state index in [4.69, 9.17) is 17.4 Å². The Labute approximate surface area is 196 Å². The van der Waals surface area contributed by atoms with Gasteiger partial charge in [-0.2, -0.15) is 12.6 Å². The van der Waals surface area contributed by atoms with Gasteiger partial charge in [0.1, 0.15) is 5.82 Å². The highest BCUT2D eigenvalue weighted by molar-refractivity contribution is 7.81. The zero-order valence-corrected chi connectivity index (χ0v) is 19.6. The summed E-state index contributed by atoms with van der Waals surface area (Å²) in [6, 6.07) is 6.26. The SMILES string of the molecule is Cl.Cl.O=C(C1CC1)C(c1ccccc1F)N1CCC(S)/C(=C\CN2CCOCC2)C1. The highest BCUT2D eigenvalue weighted by Gasteiger charge is 2.40. The Morgan fingerprint density at radius 1 is 1.17 bits per heavy atom. The molecule has 1 aromatic rings. The van der Waals surface area contributed by atoms with Gasteiger partial charge in [-0.15, -0.1) is 24.8 Å². The molecule has 2 unspecified atom stereocenters. The molecule has 168 valence electrons. The van der Waals surface area contributed by atoms with Gasteiger partial charge in [0.05, 0.1) is 19.3 Å². The van der Waals surface area contributed by atoms with E-state index in [2.05, 4.69) is 15.9 Å². The number of carbonyl (C=O) groups excluding carboxylic acids is 1. The van der Waals surface area contributed by atoms with Gasteiger partial charge in [0, 0.05) is 49.5 Å². The molecule has 2 saturated heterocycles. The molecule has 3 aliphatic rings. The molecular formula is C22H31Cl2FN2O2S. The Hall–Kier alpha value is -0.630. The highest BCUT2D eigenvalue weighted by atomic mass is 35.5. The van der Waals surface area contributed by atoms with E-state index < -0.39 is 6.04 Å². The van der Waals surface area contributed by atoms with Crippen molar-refractivity contribution in [3.8, 4) is 0 Å². The molecule has 0 amide bonds. The van der Waals surface area contributed by atoms with Crippen LogP contribution in [0.1, 0.15) is 30.9 Å². The second-order valence-corrected chi connectivity index (χ2v) is 8.69. The second kappa shape index (κ2) is 11.8. The summed E-state index contributed by atoms with van der Waals surface area (Å²) >= 11 is 4.78. The fourth-order valence-electron chi connectivity index (χ4n) is 4.16. The Morgan fingerprint density at radius 3 is 2.53 bits per heavy atom. The number of piperidine rings is 1. The van der Waals surface area contributed by atoms with E-state index in [1.807, 2.05) is 6.07 Å². The molecule has 2 aliphatic heterocycles. The second-order valence-electron chi connectivity index (χ2n) is 8.07. The topological polar surface area (TPSA) is 32.8 Å². The predicted molar refractivity (Wildman–Crippen MR) is 126 cm³/mol. The Kier molecular flexibility index (Phi) is 10.1. The van der Waals surface area contributed by atoms with Crippen LogP contribution >= 0.6 is 37.4 Å². The first-order chi connectivity index (χ1) is 13.6. The van der Waals surface area contributed by atoms with Crippen LogP contribution in [-0.2, 0) is 9.53 Å². The average Bonchev–Trinajstić information content (AvgIpc) is 3.56. The van der Waals surface area contributed by atoms with Crippen LogP contribution in [0.4, 0.5) is 4.39 Å². The van der Waals surface area contributed by atoms with Crippen LogP contribution in [0.15, 0.2) is 35.9 Å². The summed E-state index contributed by atoms with van der Waals surface area (Å²) in [6.45, 7) is 5.78. The van der Waals surface area contributed by atoms with Crippen molar-refractivity contribution in [2.24, 2.45) is 5.92 Å². The lowest BCUT2D eigenvalue weighted by atomic mass is 9.93. The lowest BCUT2D eigenvalue weighted by Crippen LogP contribution is -2.43. The van der Waals surface area contributed by atoms with Crippen molar-refractivity contribution in [1.82, 2.24) is 9.80 Å². The molecular weight excluding hydrogens is 446 g/mol. The molecule has 1 aliphatic carbocycles. The monoisotopic (exact) mass is 476 g/mol. The largest absolute Gasteiger partial charge is 0.379 e. The van der Waals surface area contributed by atoms with E-state index in [0.717, 1.165) is 58.7 Å². The molecule has 3 fully saturated rings. The number of halogens is 3. The van der Waals surface area contributed by atoms with E-state index >= 15 is 0 Å². The van der Waals surface area contributed by atoms with Gasteiger partial charge in [-0.3, -0.25) is 14.6 Å². The van der Waals surface area contributed by atoms with Crippen molar-refractivity contribution in [2.45, 2.75) is 30.6 Å². The van der Waals surface area contributed by atoms with Crippen LogP contribution in [0.3, 0.4) is 0 Å². The number of rotatable bonds is 6. The standard InChI is InChI=1S/C22H29FN2O2S.2ClH/c23-19-4-2-1-3-18(19)21(22(26)16-5-6-16)25-10-8-20(28)17(15-25)7-9-24-11-13-27-14-12-24;;/h1-4,7,16,20-21,28H,5-6,8-15H2;2*1H/b17-7-;;. The zero-order chi connectivity index (χ0) is 19.5. The maximum absolute atomic E-state index is 14.6. The van der Waals surface area contributed by atoms with Gasteiger partial charge in [-0.05, 0) is 30.9 Å². The molecule has 0 radical (unpaired) electrons. The van der Waals surface area contributed by atoms with Crippen molar-refractivity contribution in [3.63, 3.8) is 0 Å². The molecule has 0 spiro atoms. The van der Waals surface area contributed by atoms with Crippen LogP contribution in [0.2, 0.25) is 0 Å². The molecule has 2 atom stereocenters. The van der Waals surface area contributed by atoms with Gasteiger partial charge in [0.2, 0.25) is 0 Å². The fraction of sp³-hybridized carbons (Fsp3) is 0.591. The number of hydrogen-bond donors (Lipinski definition) is 1. The molecule has 2 heterocycles. The van der Waals surface area contributed by atoms with Gasteiger partial charge in [0.25, 0.3) is 0 Å². The summed E-state index contributed by atoms with van der Waals surface area (Å²) in [7, 11) is 0. The fourth-order valence-corrected chi connectivity index (χ4v) is 4.46. The zero-order valence-electron chi connectivity index (χ0n) is 17.0. The number of nitrogens with zero attached hydrogens (tertiary/aromatic N) is 2. The summed E-state index contributed by atoms with van der Waals surface area (Å²) in [4.78, 5) is 17.6. The van der Waals surface area contributed by atoms with Crippen molar-refractivity contribution < 1.29 is 13.9 Å². The average molecular weight is 477 g/mol. The Bertz CT molecular complexity index is 742. The highest BCUT2D eigenvalue weighted by Crippen LogP contribution is 2.39. The van der Waals surface area contributed by atoms with E-state index in [9.17, 15) is 9.18 Å². The minimum absolute atomic E-state index is 0. The van der Waals surface area contributed by atoms with E-state index in [-0.39, 0.29) is 47.6 Å². The van der Waals surface area contributed by atoms with Crippen molar-refractivity contribution in [2.75, 3.05) is 45.9 Å². The van der Waals surface area contributed by atoms with Crippen molar-refractivity contribution in [3.05, 3.63) is 47.3 Å². The van der Waals surface area contributed by atoms with Crippen LogP contribution in [0, 0.1) is 11.7 Å². The van der Waals surface area contributed by atoms with Gasteiger partial charge < -0.3 is 4.74 Å². The molecule has 0 aromatic heterocycles. The van der Waals surface area contributed by atoms with Gasteiger partial charge in [-0.1, -0.05) is 24.3 Å². The smallest absolute Gasteiger partial charge is 0.157 e. The number of carbonyl (C=O) groups is 1. The molecule has 30 heavy (non-hydrogen) atoms. The molecule has 8 heteroatoms. The molecule has 4 nitrogen and oxygen atoms in total. The summed E-state index contributed by atoms with van der Waals surface area (Å²) in [5.41, 5.74) is 1.76. The number of hydrogen-bond acceptors (Lipinski definition) is 5. The van der Waals surface area contributed by atoms with E-state index in [0.29, 0.717) is 12.1 Å². The summed E-state index contributed by atoms with van der Waals surface area (Å²) in [5.74, 6) is -0.0114. The third-order valence-electron chi connectivity index (χ3n) is 6.03. The van der Waals surface area contributed by atoms with Crippen molar-refractivity contribution >= 4 is 43.2 Å². The number of ketones is 1. The van der Waals surface area contributed by atoms with Crippen molar-refractivity contribution in [1.29, 1.82) is 0 Å². The van der Waals surface area contributed by atoms with E-state index in [1.54, 1.807) is 12.1 Å². The van der Waals surface area contributed by atoms with Crippen LogP contribution in [0.25, 0.3) is 0 Å².